The molecule has 0 heterocycles. The number of hydrogen-bond donors (Lipinski definition) is 1. The molecule has 0 saturated heterocycles. The third-order valence-electron chi connectivity index (χ3n) is 3.76. The molecule has 0 unspecified atom stereocenters. The van der Waals surface area contributed by atoms with Crippen LogP contribution in [0.2, 0.25) is 0 Å². The zero-order valence-electron chi connectivity index (χ0n) is 12.7. The molecule has 1 N–H and O–H groups in total. The van der Waals surface area contributed by atoms with Crippen molar-refractivity contribution in [2.24, 2.45) is 5.92 Å². The Labute approximate surface area is 134 Å². The van der Waals surface area contributed by atoms with Crippen molar-refractivity contribution in [3.8, 4) is 0 Å². The number of aliphatic carboxylic acids is 1. The Morgan fingerprint density at radius 2 is 1.70 bits per heavy atom. The summed E-state index contributed by atoms with van der Waals surface area (Å²) in [5.41, 5.74) is 1.25. The van der Waals surface area contributed by atoms with Crippen LogP contribution in [0.1, 0.15) is 24.8 Å². The Kier molecular flexibility index (Phi) is 5.46. The molecule has 0 aliphatic carbocycles. The van der Waals surface area contributed by atoms with Crippen LogP contribution >= 0.6 is 0 Å². The van der Waals surface area contributed by atoms with E-state index in [4.69, 9.17) is 0 Å². The monoisotopic (exact) mass is 314 g/mol. The molecule has 120 valence electrons. The maximum atomic E-state index is 12.8. The summed E-state index contributed by atoms with van der Waals surface area (Å²) in [4.78, 5) is 23.5. The average molecular weight is 314 g/mol. The fraction of sp³-hybridized carbons (Fsp3) is 0.222. The second-order valence-corrected chi connectivity index (χ2v) is 5.38. The number of amides is 1. The molecule has 0 saturated carbocycles. The van der Waals surface area contributed by atoms with Crippen LogP contribution in [0.4, 0.5) is 10.1 Å². The predicted molar refractivity (Wildman–Crippen MR) is 83.0 cm³/mol. The quantitative estimate of drug-likeness (QED) is 0.889. The molecule has 0 aliphatic rings. The fourth-order valence-corrected chi connectivity index (χ4v) is 2.40. The molecule has 0 fully saturated rings. The Bertz CT molecular complexity index is 670. The van der Waals surface area contributed by atoms with Crippen LogP contribution in [0.3, 0.4) is 0 Å². The highest BCUT2D eigenvalue weighted by molar-refractivity contribution is 5.93. The van der Waals surface area contributed by atoms with Gasteiger partial charge in [0.05, 0.1) is 0 Å². The summed E-state index contributed by atoms with van der Waals surface area (Å²) in [6.07, 6.45) is -0.213. The van der Waals surface area contributed by atoms with E-state index in [-0.39, 0.29) is 12.3 Å². The highest BCUT2D eigenvalue weighted by Crippen LogP contribution is 2.26. The van der Waals surface area contributed by atoms with Crippen LogP contribution in [0, 0.1) is 11.7 Å². The molecule has 2 aromatic carbocycles. The van der Waals surface area contributed by atoms with Crippen LogP contribution in [-0.4, -0.2) is 11.9 Å². The summed E-state index contributed by atoms with van der Waals surface area (Å²) in [5.74, 6) is -3.43. The van der Waals surface area contributed by atoms with E-state index >= 15 is 0 Å². The predicted octanol–water partition coefficient (Wildman–Crippen LogP) is 2.32. The number of hydrogen-bond acceptors (Lipinski definition) is 3. The van der Waals surface area contributed by atoms with Crippen LogP contribution < -0.4 is 10.4 Å². The zero-order chi connectivity index (χ0) is 16.8. The van der Waals surface area contributed by atoms with Gasteiger partial charge in [-0.1, -0.05) is 37.3 Å². The van der Waals surface area contributed by atoms with Crippen LogP contribution in [0.15, 0.2) is 54.6 Å². The molecule has 0 spiro atoms. The summed E-state index contributed by atoms with van der Waals surface area (Å²) in [6, 6.07) is 14.4. The summed E-state index contributed by atoms with van der Waals surface area (Å²) in [5, 5.41) is 14.0. The van der Waals surface area contributed by atoms with Gasteiger partial charge in [0.2, 0.25) is 5.91 Å². The van der Waals surface area contributed by atoms with Crippen molar-refractivity contribution in [1.82, 2.24) is 0 Å². The Morgan fingerprint density at radius 3 is 2.26 bits per heavy atom. The molecule has 0 aromatic heterocycles. The lowest BCUT2D eigenvalue weighted by Crippen LogP contribution is -2.36. The first kappa shape index (κ1) is 16.7. The molecule has 4 nitrogen and oxygen atoms in total. The van der Waals surface area contributed by atoms with E-state index in [0.717, 1.165) is 5.56 Å². The number of nitrogens with one attached hydrogen (secondary N) is 1. The summed E-state index contributed by atoms with van der Waals surface area (Å²) >= 11 is 0. The number of carboxylic acid groups (broad SMARTS) is 1. The molecule has 5 heteroatoms. The number of anilines is 1. The van der Waals surface area contributed by atoms with Gasteiger partial charge in [0.15, 0.2) is 0 Å². The molecular weight excluding hydrogens is 297 g/mol. The molecule has 2 aromatic rings. The number of carbonyl (C=O) groups is 2. The molecule has 0 bridgehead atoms. The third-order valence-corrected chi connectivity index (χ3v) is 3.76. The van der Waals surface area contributed by atoms with Crippen LogP contribution in [0.5, 0.6) is 0 Å². The van der Waals surface area contributed by atoms with Gasteiger partial charge in [-0.15, -0.1) is 0 Å². The van der Waals surface area contributed by atoms with Gasteiger partial charge >= 0.3 is 0 Å². The number of halogens is 1. The van der Waals surface area contributed by atoms with Gasteiger partial charge in [-0.05, 0) is 35.7 Å². The highest BCUT2D eigenvalue weighted by atomic mass is 19.1. The van der Waals surface area contributed by atoms with Crippen molar-refractivity contribution < 1.29 is 19.1 Å². The molecule has 0 aliphatic heterocycles. The number of carboxylic acids is 1. The molecule has 2 atom stereocenters. The van der Waals surface area contributed by atoms with Crippen molar-refractivity contribution in [2.75, 3.05) is 5.32 Å². The van der Waals surface area contributed by atoms with E-state index < -0.39 is 23.6 Å². The van der Waals surface area contributed by atoms with Gasteiger partial charge in [-0.3, -0.25) is 4.79 Å². The average Bonchev–Trinajstić information content (AvgIpc) is 2.55. The third kappa shape index (κ3) is 4.64. The smallest absolute Gasteiger partial charge is 0.225 e. The minimum absolute atomic E-state index is 0.213. The normalized spacial score (nSPS) is 13.1. The van der Waals surface area contributed by atoms with E-state index in [1.165, 1.54) is 24.3 Å². The molecule has 0 radical (unpaired) electrons. The lowest BCUT2D eigenvalue weighted by atomic mass is 9.85. The Balaban J connectivity index is 2.05. The van der Waals surface area contributed by atoms with Gasteiger partial charge in [0, 0.05) is 24.0 Å². The van der Waals surface area contributed by atoms with Gasteiger partial charge in [0.25, 0.3) is 0 Å². The second-order valence-electron chi connectivity index (χ2n) is 5.38. The first-order chi connectivity index (χ1) is 11.0. The van der Waals surface area contributed by atoms with E-state index in [2.05, 4.69) is 5.32 Å². The number of carbonyl (C=O) groups excluding carboxylic acids is 2. The standard InChI is InChI=1S/C18H18FNO3/c1-12(13-5-3-2-4-6-13)16(18(22)23)11-17(21)20-15-9-7-14(19)8-10-15/h2-10,12,16H,11H2,1H3,(H,20,21)(H,22,23)/p-1/t12-,16-/m1/s1. The van der Waals surface area contributed by atoms with Crippen molar-refractivity contribution in [3.63, 3.8) is 0 Å². The van der Waals surface area contributed by atoms with Crippen molar-refractivity contribution in [1.29, 1.82) is 0 Å². The minimum atomic E-state index is -1.27. The van der Waals surface area contributed by atoms with Gasteiger partial charge < -0.3 is 15.2 Å². The number of rotatable bonds is 6. The van der Waals surface area contributed by atoms with E-state index in [1.54, 1.807) is 6.92 Å². The Hall–Kier alpha value is -2.69. The highest BCUT2D eigenvalue weighted by Gasteiger charge is 2.23. The largest absolute Gasteiger partial charge is 0.550 e. The molecular formula is C18H17FNO3-. The maximum Gasteiger partial charge on any atom is 0.225 e. The lowest BCUT2D eigenvalue weighted by Gasteiger charge is -2.25. The minimum Gasteiger partial charge on any atom is -0.550 e. The topological polar surface area (TPSA) is 69.2 Å². The van der Waals surface area contributed by atoms with E-state index in [0.29, 0.717) is 5.69 Å². The first-order valence-electron chi connectivity index (χ1n) is 7.28. The van der Waals surface area contributed by atoms with Crippen molar-refractivity contribution >= 4 is 17.6 Å². The van der Waals surface area contributed by atoms with Gasteiger partial charge in [-0.2, -0.15) is 0 Å². The summed E-state index contributed by atoms with van der Waals surface area (Å²) in [6.45, 7) is 1.75. The summed E-state index contributed by atoms with van der Waals surface area (Å²) < 4.78 is 12.8. The first-order valence-corrected chi connectivity index (χ1v) is 7.28. The molecule has 2 rings (SSSR count). The summed E-state index contributed by atoms with van der Waals surface area (Å²) in [7, 11) is 0. The van der Waals surface area contributed by atoms with E-state index in [1.807, 2.05) is 30.3 Å². The molecule has 23 heavy (non-hydrogen) atoms. The van der Waals surface area contributed by atoms with Gasteiger partial charge in [-0.25, -0.2) is 4.39 Å². The number of benzene rings is 2. The second kappa shape index (κ2) is 7.54. The molecule has 1 amide bonds. The zero-order valence-corrected chi connectivity index (χ0v) is 12.7. The van der Waals surface area contributed by atoms with Crippen LogP contribution in [-0.2, 0) is 9.59 Å². The van der Waals surface area contributed by atoms with Crippen molar-refractivity contribution in [2.45, 2.75) is 19.3 Å². The Morgan fingerprint density at radius 1 is 1.09 bits per heavy atom. The van der Waals surface area contributed by atoms with E-state index in [9.17, 15) is 19.1 Å². The fourth-order valence-electron chi connectivity index (χ4n) is 2.40. The lowest BCUT2D eigenvalue weighted by molar-refractivity contribution is -0.312. The maximum absolute atomic E-state index is 12.8. The van der Waals surface area contributed by atoms with Gasteiger partial charge in [0.1, 0.15) is 5.82 Å². The van der Waals surface area contributed by atoms with Crippen LogP contribution in [0.25, 0.3) is 0 Å². The van der Waals surface area contributed by atoms with Crippen molar-refractivity contribution in [3.05, 3.63) is 66.0 Å². The SMILES string of the molecule is C[C@H](c1ccccc1)[C@@H](CC(=O)Nc1ccc(F)cc1)C(=O)[O-].